The number of nitrogens with one attached hydrogen (secondary N) is 1. The molecule has 0 aromatic carbocycles. The number of hydrogen-bond donors (Lipinski definition) is 2. The van der Waals surface area contributed by atoms with Crippen LogP contribution in [0.2, 0.25) is 0 Å². The van der Waals surface area contributed by atoms with E-state index in [1.807, 2.05) is 20.9 Å². The van der Waals surface area contributed by atoms with Crippen LogP contribution in [0.1, 0.15) is 42.3 Å². The summed E-state index contributed by atoms with van der Waals surface area (Å²) in [7, 11) is 3.51. The van der Waals surface area contributed by atoms with Gasteiger partial charge >= 0.3 is 5.69 Å². The largest absolute Gasteiger partial charge is 0.389 e. The van der Waals surface area contributed by atoms with Crippen molar-refractivity contribution in [1.82, 2.24) is 24.2 Å². The number of hydrogen-bond acceptors (Lipinski definition) is 5. The summed E-state index contributed by atoms with van der Waals surface area (Å²) in [5, 5.41) is 15.2. The van der Waals surface area contributed by atoms with Crippen molar-refractivity contribution < 1.29 is 9.90 Å². The lowest BCUT2D eigenvalue weighted by atomic mass is 9.87. The minimum Gasteiger partial charge on any atom is -0.389 e. The van der Waals surface area contributed by atoms with Crippen LogP contribution < -0.4 is 11.2 Å². The molecule has 0 saturated heterocycles. The molecule has 156 valence electrons. The van der Waals surface area contributed by atoms with Crippen molar-refractivity contribution in [3.8, 4) is 0 Å². The number of carbonyl (C=O) groups excluding carboxylic acids is 1. The number of carbonyl (C=O) groups is 1. The van der Waals surface area contributed by atoms with Gasteiger partial charge in [-0.15, -0.1) is 0 Å². The summed E-state index contributed by atoms with van der Waals surface area (Å²) in [5.74, 6) is -0.230. The van der Waals surface area contributed by atoms with Crippen LogP contribution in [0.15, 0.2) is 27.9 Å². The molecule has 1 aliphatic carbocycles. The van der Waals surface area contributed by atoms with Crippen molar-refractivity contribution in [2.75, 3.05) is 7.05 Å². The van der Waals surface area contributed by atoms with Crippen LogP contribution in [-0.2, 0) is 11.8 Å². The van der Waals surface area contributed by atoms with Gasteiger partial charge in [0.25, 0.3) is 5.56 Å². The standard InChI is InChI=1S/C20H27N5O4/c1-12-14(13(2)24(4)22-12)8-9-18(27)23(3)15-6-5-7-16(19(15)28)25-11-10-17(26)21-20(25)29/h8-11,15-16,19,28H,5-7H2,1-4H3,(H,21,26,29)/b9-8+/t15-,16-,19-/m0/s1. The normalized spacial score (nSPS) is 22.2. The number of nitrogens with zero attached hydrogens (tertiary/aromatic N) is 4. The first kappa shape index (κ1) is 20.8. The fraction of sp³-hybridized carbons (Fsp3) is 0.500. The van der Waals surface area contributed by atoms with Crippen LogP contribution >= 0.6 is 0 Å². The zero-order valence-electron chi connectivity index (χ0n) is 17.1. The first-order valence-electron chi connectivity index (χ1n) is 9.65. The van der Waals surface area contributed by atoms with Crippen LogP contribution in [0.3, 0.4) is 0 Å². The first-order chi connectivity index (χ1) is 13.7. The summed E-state index contributed by atoms with van der Waals surface area (Å²) in [4.78, 5) is 39.9. The maximum Gasteiger partial charge on any atom is 0.328 e. The first-order valence-corrected chi connectivity index (χ1v) is 9.65. The molecule has 29 heavy (non-hydrogen) atoms. The molecule has 1 saturated carbocycles. The summed E-state index contributed by atoms with van der Waals surface area (Å²) >= 11 is 0. The minimum atomic E-state index is -0.920. The molecule has 0 unspecified atom stereocenters. The molecule has 2 N–H and O–H groups in total. The summed E-state index contributed by atoms with van der Waals surface area (Å²) in [6.45, 7) is 3.82. The highest BCUT2D eigenvalue weighted by Crippen LogP contribution is 2.30. The van der Waals surface area contributed by atoms with Gasteiger partial charge in [-0.3, -0.25) is 23.8 Å². The van der Waals surface area contributed by atoms with Gasteiger partial charge in [-0.2, -0.15) is 5.10 Å². The summed E-state index contributed by atoms with van der Waals surface area (Å²) < 4.78 is 3.11. The van der Waals surface area contributed by atoms with E-state index in [1.165, 1.54) is 27.8 Å². The van der Waals surface area contributed by atoms with Crippen molar-refractivity contribution >= 4 is 12.0 Å². The van der Waals surface area contributed by atoms with Crippen LogP contribution in [0, 0.1) is 13.8 Å². The van der Waals surface area contributed by atoms with E-state index in [0.717, 1.165) is 23.4 Å². The van der Waals surface area contributed by atoms with Crippen molar-refractivity contribution in [2.24, 2.45) is 7.05 Å². The van der Waals surface area contributed by atoms with Gasteiger partial charge in [0, 0.05) is 43.7 Å². The third-order valence-corrected chi connectivity index (χ3v) is 5.80. The Morgan fingerprint density at radius 1 is 1.34 bits per heavy atom. The second kappa shape index (κ2) is 8.20. The van der Waals surface area contributed by atoms with E-state index in [0.29, 0.717) is 12.8 Å². The summed E-state index contributed by atoms with van der Waals surface area (Å²) in [6.07, 6.45) is 5.69. The molecule has 0 spiro atoms. The lowest BCUT2D eigenvalue weighted by Gasteiger charge is -2.40. The number of aromatic nitrogens is 4. The van der Waals surface area contributed by atoms with Gasteiger partial charge in [0.05, 0.1) is 23.9 Å². The van der Waals surface area contributed by atoms with Gasteiger partial charge in [-0.05, 0) is 39.2 Å². The SMILES string of the molecule is Cc1nn(C)c(C)c1/C=C/C(=O)N(C)[C@H]1CCC[C@H](n2ccc(=O)[nH]c2=O)[C@H]1O. The van der Waals surface area contributed by atoms with E-state index >= 15 is 0 Å². The molecule has 0 radical (unpaired) electrons. The van der Waals surface area contributed by atoms with Crippen molar-refractivity contribution in [3.63, 3.8) is 0 Å². The molecule has 9 heteroatoms. The number of amides is 1. The Morgan fingerprint density at radius 3 is 2.69 bits per heavy atom. The van der Waals surface area contributed by atoms with Gasteiger partial charge in [0.15, 0.2) is 0 Å². The van der Waals surface area contributed by atoms with Crippen LogP contribution in [0.25, 0.3) is 6.08 Å². The zero-order valence-corrected chi connectivity index (χ0v) is 17.1. The fourth-order valence-corrected chi connectivity index (χ4v) is 4.02. The minimum absolute atomic E-state index is 0.230. The van der Waals surface area contributed by atoms with Gasteiger partial charge < -0.3 is 10.0 Å². The molecule has 9 nitrogen and oxygen atoms in total. The van der Waals surface area contributed by atoms with E-state index in [2.05, 4.69) is 10.1 Å². The highest BCUT2D eigenvalue weighted by molar-refractivity contribution is 5.92. The lowest BCUT2D eigenvalue weighted by Crippen LogP contribution is -2.51. The molecule has 2 aromatic rings. The molecule has 0 aliphatic heterocycles. The second-order valence-corrected chi connectivity index (χ2v) is 7.56. The number of aliphatic hydroxyl groups excluding tert-OH is 1. The molecule has 1 fully saturated rings. The van der Waals surface area contributed by atoms with Crippen molar-refractivity contribution in [1.29, 1.82) is 0 Å². The van der Waals surface area contributed by atoms with Crippen LogP contribution in [-0.4, -0.2) is 54.4 Å². The molecular weight excluding hydrogens is 374 g/mol. The predicted molar refractivity (Wildman–Crippen MR) is 108 cm³/mol. The molecule has 2 heterocycles. The Bertz CT molecular complexity index is 1050. The maximum atomic E-state index is 12.7. The van der Waals surface area contributed by atoms with Crippen LogP contribution in [0.4, 0.5) is 0 Å². The maximum absolute atomic E-state index is 12.7. The smallest absolute Gasteiger partial charge is 0.328 e. The Kier molecular flexibility index (Phi) is 5.88. The summed E-state index contributed by atoms with van der Waals surface area (Å²) in [6, 6.07) is 0.328. The molecule has 3 rings (SSSR count). The highest BCUT2D eigenvalue weighted by Gasteiger charge is 2.36. The van der Waals surface area contributed by atoms with E-state index < -0.39 is 29.4 Å². The Labute approximate surface area is 168 Å². The van der Waals surface area contributed by atoms with Gasteiger partial charge in [-0.25, -0.2) is 4.79 Å². The zero-order chi connectivity index (χ0) is 21.3. The number of aliphatic hydroxyl groups is 1. The van der Waals surface area contributed by atoms with Gasteiger partial charge in [0.2, 0.25) is 5.91 Å². The third-order valence-electron chi connectivity index (χ3n) is 5.80. The average Bonchev–Trinajstić information content (AvgIpc) is 2.91. The Morgan fingerprint density at radius 2 is 2.07 bits per heavy atom. The van der Waals surface area contributed by atoms with Gasteiger partial charge in [-0.1, -0.05) is 0 Å². The quantitative estimate of drug-likeness (QED) is 0.725. The van der Waals surface area contributed by atoms with Gasteiger partial charge in [0.1, 0.15) is 0 Å². The molecular formula is C20H27N5O4. The summed E-state index contributed by atoms with van der Waals surface area (Å²) in [5.41, 5.74) is 1.66. The monoisotopic (exact) mass is 401 g/mol. The van der Waals surface area contributed by atoms with E-state index in [-0.39, 0.29) is 5.91 Å². The number of aryl methyl sites for hydroxylation is 2. The fourth-order valence-electron chi connectivity index (χ4n) is 4.02. The third kappa shape index (κ3) is 4.09. The molecule has 0 bridgehead atoms. The number of H-pyrrole nitrogens is 1. The molecule has 1 aliphatic rings. The van der Waals surface area contributed by atoms with Crippen molar-refractivity contribution in [3.05, 3.63) is 56.1 Å². The molecule has 2 aromatic heterocycles. The Balaban J connectivity index is 1.78. The Hall–Kier alpha value is -2.94. The topological polar surface area (TPSA) is 113 Å². The number of rotatable bonds is 4. The van der Waals surface area contributed by atoms with E-state index in [1.54, 1.807) is 17.8 Å². The van der Waals surface area contributed by atoms with Crippen LogP contribution in [0.5, 0.6) is 0 Å². The second-order valence-electron chi connectivity index (χ2n) is 7.56. The lowest BCUT2D eigenvalue weighted by molar-refractivity contribution is -0.131. The van der Waals surface area contributed by atoms with E-state index in [4.69, 9.17) is 0 Å². The van der Waals surface area contributed by atoms with E-state index in [9.17, 15) is 19.5 Å². The molecule has 3 atom stereocenters. The predicted octanol–water partition coefficient (Wildman–Crippen LogP) is 0.513. The molecule has 1 amide bonds. The number of likely N-dealkylation sites (N-methyl/N-ethyl adjacent to an activating group) is 1. The highest BCUT2D eigenvalue weighted by atomic mass is 16.3. The average molecular weight is 401 g/mol. The van der Waals surface area contributed by atoms with Crippen molar-refractivity contribution in [2.45, 2.75) is 51.3 Å². The number of aromatic amines is 1.